The number of nitrogens with one attached hydrogen (secondary N) is 1. The Balaban J connectivity index is 1.69. The lowest BCUT2D eigenvalue weighted by Crippen LogP contribution is -2.12. The zero-order valence-corrected chi connectivity index (χ0v) is 15.5. The molecule has 0 atom stereocenters. The fourth-order valence-electron chi connectivity index (χ4n) is 2.34. The van der Waals surface area contributed by atoms with Crippen LogP contribution in [-0.4, -0.2) is 29.7 Å². The molecule has 0 saturated carbocycles. The SMILES string of the molecule is COc1ccc(C(=O)Nc2ccc(Sc3nccn3C)cc2)cc1OC. The number of ether oxygens (including phenoxy) is 2. The van der Waals surface area contributed by atoms with E-state index in [1.807, 2.05) is 42.1 Å². The van der Waals surface area contributed by atoms with Gasteiger partial charge in [0, 0.05) is 35.6 Å². The van der Waals surface area contributed by atoms with Gasteiger partial charge in [-0.3, -0.25) is 4.79 Å². The molecular weight excluding hydrogens is 350 g/mol. The van der Waals surface area contributed by atoms with Gasteiger partial charge in [0.2, 0.25) is 0 Å². The van der Waals surface area contributed by atoms with Crippen molar-refractivity contribution in [2.75, 3.05) is 19.5 Å². The van der Waals surface area contributed by atoms with Gasteiger partial charge in [0.25, 0.3) is 5.91 Å². The summed E-state index contributed by atoms with van der Waals surface area (Å²) in [6.07, 6.45) is 3.67. The molecule has 0 aliphatic heterocycles. The molecule has 0 bridgehead atoms. The highest BCUT2D eigenvalue weighted by Gasteiger charge is 2.11. The Labute approximate surface area is 156 Å². The van der Waals surface area contributed by atoms with Crippen molar-refractivity contribution in [2.24, 2.45) is 7.05 Å². The van der Waals surface area contributed by atoms with Gasteiger partial charge in [-0.15, -0.1) is 0 Å². The van der Waals surface area contributed by atoms with E-state index in [1.165, 1.54) is 7.11 Å². The van der Waals surface area contributed by atoms with Crippen molar-refractivity contribution in [1.82, 2.24) is 9.55 Å². The molecular formula is C19H19N3O3S. The molecule has 0 aliphatic rings. The number of carbonyl (C=O) groups excluding carboxylic acids is 1. The third-order valence-corrected chi connectivity index (χ3v) is 4.83. The van der Waals surface area contributed by atoms with Crippen LogP contribution in [0.15, 0.2) is 64.9 Å². The highest BCUT2D eigenvalue weighted by Crippen LogP contribution is 2.29. The Kier molecular flexibility index (Phi) is 5.48. The molecule has 0 saturated heterocycles. The molecule has 0 unspecified atom stereocenters. The standard InChI is InChI=1S/C19H19N3O3S/c1-22-11-10-20-19(22)26-15-7-5-14(6-8-15)21-18(23)13-4-9-16(24-2)17(12-13)25-3/h4-12H,1-3H3,(H,21,23). The predicted molar refractivity (Wildman–Crippen MR) is 101 cm³/mol. The summed E-state index contributed by atoms with van der Waals surface area (Å²) in [6, 6.07) is 12.7. The van der Waals surface area contributed by atoms with Crippen LogP contribution in [-0.2, 0) is 7.05 Å². The van der Waals surface area contributed by atoms with E-state index < -0.39 is 0 Å². The van der Waals surface area contributed by atoms with Gasteiger partial charge in [-0.05, 0) is 42.5 Å². The first kappa shape index (κ1) is 17.9. The fourth-order valence-corrected chi connectivity index (χ4v) is 3.14. The molecule has 134 valence electrons. The van der Waals surface area contributed by atoms with Gasteiger partial charge in [0.1, 0.15) is 0 Å². The Morgan fingerprint density at radius 3 is 2.42 bits per heavy atom. The number of anilines is 1. The van der Waals surface area contributed by atoms with Crippen LogP contribution < -0.4 is 14.8 Å². The summed E-state index contributed by atoms with van der Waals surface area (Å²) in [5.74, 6) is 0.886. The van der Waals surface area contributed by atoms with E-state index >= 15 is 0 Å². The van der Waals surface area contributed by atoms with Crippen LogP contribution in [0.5, 0.6) is 11.5 Å². The third kappa shape index (κ3) is 4.00. The molecule has 3 rings (SSSR count). The third-order valence-electron chi connectivity index (χ3n) is 3.74. The van der Waals surface area contributed by atoms with Crippen LogP contribution in [0.2, 0.25) is 0 Å². The Hall–Kier alpha value is -2.93. The molecule has 1 amide bonds. The van der Waals surface area contributed by atoms with E-state index in [-0.39, 0.29) is 5.91 Å². The van der Waals surface area contributed by atoms with E-state index in [0.717, 1.165) is 10.1 Å². The Bertz CT molecular complexity index is 907. The zero-order valence-electron chi connectivity index (χ0n) is 14.7. The summed E-state index contributed by atoms with van der Waals surface area (Å²) in [5.41, 5.74) is 1.21. The second-order valence-corrected chi connectivity index (χ2v) is 6.51. The monoisotopic (exact) mass is 369 g/mol. The minimum atomic E-state index is -0.213. The molecule has 0 aliphatic carbocycles. The quantitative estimate of drug-likeness (QED) is 0.715. The highest BCUT2D eigenvalue weighted by atomic mass is 32.2. The molecule has 0 radical (unpaired) electrons. The number of nitrogens with zero attached hydrogens (tertiary/aromatic N) is 2. The molecule has 26 heavy (non-hydrogen) atoms. The molecule has 1 aromatic heterocycles. The molecule has 3 aromatic rings. The number of aromatic nitrogens is 2. The van der Waals surface area contributed by atoms with Crippen molar-refractivity contribution in [3.05, 3.63) is 60.4 Å². The molecule has 6 nitrogen and oxygen atoms in total. The average Bonchev–Trinajstić information content (AvgIpc) is 3.07. The second kappa shape index (κ2) is 7.97. The summed E-state index contributed by atoms with van der Waals surface area (Å²) >= 11 is 1.56. The smallest absolute Gasteiger partial charge is 0.255 e. The minimum Gasteiger partial charge on any atom is -0.493 e. The minimum absolute atomic E-state index is 0.213. The Morgan fingerprint density at radius 2 is 1.81 bits per heavy atom. The van der Waals surface area contributed by atoms with Gasteiger partial charge in [-0.2, -0.15) is 0 Å². The number of rotatable bonds is 6. The van der Waals surface area contributed by atoms with Crippen molar-refractivity contribution >= 4 is 23.4 Å². The summed E-state index contributed by atoms with van der Waals surface area (Å²) in [4.78, 5) is 17.8. The predicted octanol–water partition coefficient (Wildman–Crippen LogP) is 3.84. The van der Waals surface area contributed by atoms with Crippen LogP contribution in [0.4, 0.5) is 5.69 Å². The summed E-state index contributed by atoms with van der Waals surface area (Å²) in [7, 11) is 5.05. The number of amides is 1. The van der Waals surface area contributed by atoms with E-state index in [9.17, 15) is 4.79 Å². The summed E-state index contributed by atoms with van der Waals surface area (Å²) in [5, 5.41) is 3.79. The number of imidazole rings is 1. The van der Waals surface area contributed by atoms with Crippen LogP contribution in [0.3, 0.4) is 0 Å². The normalized spacial score (nSPS) is 10.4. The number of methoxy groups -OCH3 is 2. The summed E-state index contributed by atoms with van der Waals surface area (Å²) in [6.45, 7) is 0. The van der Waals surface area contributed by atoms with Gasteiger partial charge in [-0.25, -0.2) is 4.98 Å². The van der Waals surface area contributed by atoms with Gasteiger partial charge in [-0.1, -0.05) is 11.8 Å². The van der Waals surface area contributed by atoms with E-state index in [2.05, 4.69) is 10.3 Å². The van der Waals surface area contributed by atoms with Gasteiger partial charge in [0.05, 0.1) is 14.2 Å². The van der Waals surface area contributed by atoms with Crippen molar-refractivity contribution in [3.63, 3.8) is 0 Å². The molecule has 1 heterocycles. The first-order valence-electron chi connectivity index (χ1n) is 7.89. The maximum Gasteiger partial charge on any atom is 0.255 e. The lowest BCUT2D eigenvalue weighted by atomic mass is 10.2. The molecule has 0 spiro atoms. The maximum atomic E-state index is 12.4. The van der Waals surface area contributed by atoms with E-state index in [4.69, 9.17) is 9.47 Å². The number of aryl methyl sites for hydroxylation is 1. The van der Waals surface area contributed by atoms with Gasteiger partial charge < -0.3 is 19.4 Å². The van der Waals surface area contributed by atoms with Gasteiger partial charge in [0.15, 0.2) is 16.7 Å². The molecule has 0 fully saturated rings. The largest absolute Gasteiger partial charge is 0.493 e. The number of hydrogen-bond donors (Lipinski definition) is 1. The van der Waals surface area contributed by atoms with Crippen LogP contribution >= 0.6 is 11.8 Å². The Morgan fingerprint density at radius 1 is 1.08 bits per heavy atom. The van der Waals surface area contributed by atoms with Gasteiger partial charge >= 0.3 is 0 Å². The number of hydrogen-bond acceptors (Lipinski definition) is 5. The average molecular weight is 369 g/mol. The van der Waals surface area contributed by atoms with Crippen LogP contribution in [0.25, 0.3) is 0 Å². The van der Waals surface area contributed by atoms with Crippen molar-refractivity contribution in [2.45, 2.75) is 10.1 Å². The van der Waals surface area contributed by atoms with E-state index in [0.29, 0.717) is 22.7 Å². The van der Waals surface area contributed by atoms with Crippen LogP contribution in [0.1, 0.15) is 10.4 Å². The number of benzene rings is 2. The first-order valence-corrected chi connectivity index (χ1v) is 8.71. The molecule has 7 heteroatoms. The van der Waals surface area contributed by atoms with Crippen molar-refractivity contribution < 1.29 is 14.3 Å². The molecule has 2 aromatic carbocycles. The summed E-state index contributed by atoms with van der Waals surface area (Å²) < 4.78 is 12.4. The van der Waals surface area contributed by atoms with Crippen molar-refractivity contribution in [3.8, 4) is 11.5 Å². The second-order valence-electron chi connectivity index (χ2n) is 5.47. The van der Waals surface area contributed by atoms with Crippen molar-refractivity contribution in [1.29, 1.82) is 0 Å². The lowest BCUT2D eigenvalue weighted by molar-refractivity contribution is 0.102. The van der Waals surface area contributed by atoms with E-state index in [1.54, 1.807) is 43.3 Å². The number of carbonyl (C=O) groups is 1. The zero-order chi connectivity index (χ0) is 18.5. The first-order chi connectivity index (χ1) is 12.6. The molecule has 1 N–H and O–H groups in total. The highest BCUT2D eigenvalue weighted by molar-refractivity contribution is 7.99. The van der Waals surface area contributed by atoms with Crippen LogP contribution in [0, 0.1) is 0 Å². The lowest BCUT2D eigenvalue weighted by Gasteiger charge is -2.10. The fraction of sp³-hybridized carbons (Fsp3) is 0.158. The maximum absolute atomic E-state index is 12.4. The topological polar surface area (TPSA) is 65.4 Å².